The Morgan fingerprint density at radius 2 is 1.96 bits per heavy atom. The molecule has 1 atom stereocenters. The SMILES string of the molecule is C=CCOC[C@H](O)CN(Cc1cccc(OC)c1OC)CC(C)C. The molecule has 0 unspecified atom stereocenters. The molecule has 0 fully saturated rings. The maximum Gasteiger partial charge on any atom is 0.165 e. The second-order valence-electron chi connectivity index (χ2n) is 6.22. The molecule has 0 spiro atoms. The number of aliphatic hydroxyl groups excluding tert-OH is 1. The molecule has 1 aromatic carbocycles. The van der Waals surface area contributed by atoms with Gasteiger partial charge >= 0.3 is 0 Å². The van der Waals surface area contributed by atoms with Crippen LogP contribution in [0, 0.1) is 5.92 Å². The topological polar surface area (TPSA) is 51.2 Å². The third-order valence-electron chi connectivity index (χ3n) is 3.52. The summed E-state index contributed by atoms with van der Waals surface area (Å²) >= 11 is 0. The molecule has 0 heterocycles. The minimum Gasteiger partial charge on any atom is -0.493 e. The molecule has 0 aliphatic carbocycles. The van der Waals surface area contributed by atoms with Crippen LogP contribution >= 0.6 is 0 Å². The average molecular weight is 337 g/mol. The monoisotopic (exact) mass is 337 g/mol. The van der Waals surface area contributed by atoms with E-state index in [-0.39, 0.29) is 0 Å². The number of ether oxygens (including phenoxy) is 3. The van der Waals surface area contributed by atoms with Crippen molar-refractivity contribution in [2.24, 2.45) is 5.92 Å². The van der Waals surface area contributed by atoms with Gasteiger partial charge in [0.25, 0.3) is 0 Å². The number of aliphatic hydroxyl groups is 1. The number of para-hydroxylation sites is 1. The van der Waals surface area contributed by atoms with Gasteiger partial charge in [0.15, 0.2) is 11.5 Å². The van der Waals surface area contributed by atoms with Crippen LogP contribution in [0.4, 0.5) is 0 Å². The Hall–Kier alpha value is -1.56. The summed E-state index contributed by atoms with van der Waals surface area (Å²) in [7, 11) is 3.28. The third kappa shape index (κ3) is 6.91. The van der Waals surface area contributed by atoms with Crippen molar-refractivity contribution in [1.29, 1.82) is 0 Å². The molecule has 5 nitrogen and oxygen atoms in total. The predicted molar refractivity (Wildman–Crippen MR) is 96.7 cm³/mol. The van der Waals surface area contributed by atoms with Crippen LogP contribution in [0.5, 0.6) is 11.5 Å². The van der Waals surface area contributed by atoms with Gasteiger partial charge < -0.3 is 19.3 Å². The largest absolute Gasteiger partial charge is 0.493 e. The van der Waals surface area contributed by atoms with Crippen molar-refractivity contribution >= 4 is 0 Å². The van der Waals surface area contributed by atoms with E-state index in [2.05, 4.69) is 25.3 Å². The van der Waals surface area contributed by atoms with Gasteiger partial charge in [0, 0.05) is 25.2 Å². The minimum absolute atomic E-state index is 0.301. The molecule has 0 aromatic heterocycles. The van der Waals surface area contributed by atoms with Crippen molar-refractivity contribution in [2.75, 3.05) is 40.5 Å². The highest BCUT2D eigenvalue weighted by molar-refractivity contribution is 5.46. The quantitative estimate of drug-likeness (QED) is 0.469. The molecule has 0 aliphatic heterocycles. The van der Waals surface area contributed by atoms with Gasteiger partial charge in [-0.05, 0) is 12.0 Å². The first-order valence-corrected chi connectivity index (χ1v) is 8.30. The van der Waals surface area contributed by atoms with Gasteiger partial charge in [-0.3, -0.25) is 4.90 Å². The molecular weight excluding hydrogens is 306 g/mol. The Bertz CT molecular complexity index is 490. The molecule has 0 radical (unpaired) electrons. The molecule has 1 N–H and O–H groups in total. The Balaban J connectivity index is 2.80. The van der Waals surface area contributed by atoms with Crippen LogP contribution in [0.3, 0.4) is 0 Å². The zero-order valence-corrected chi connectivity index (χ0v) is 15.3. The van der Waals surface area contributed by atoms with E-state index < -0.39 is 6.10 Å². The second-order valence-corrected chi connectivity index (χ2v) is 6.22. The fraction of sp³-hybridized carbons (Fsp3) is 0.579. The summed E-state index contributed by atoms with van der Waals surface area (Å²) in [5.74, 6) is 1.95. The van der Waals surface area contributed by atoms with Crippen molar-refractivity contribution in [3.05, 3.63) is 36.4 Å². The summed E-state index contributed by atoms with van der Waals surface area (Å²) in [6.45, 7) is 10.8. The second kappa shape index (κ2) is 11.1. The summed E-state index contributed by atoms with van der Waals surface area (Å²) in [4.78, 5) is 2.21. The summed E-state index contributed by atoms with van der Waals surface area (Å²) in [6, 6.07) is 5.86. The number of methoxy groups -OCH3 is 2. The average Bonchev–Trinajstić information content (AvgIpc) is 2.54. The summed E-state index contributed by atoms with van der Waals surface area (Å²) in [5.41, 5.74) is 1.04. The fourth-order valence-corrected chi connectivity index (χ4v) is 2.68. The summed E-state index contributed by atoms with van der Waals surface area (Å²) in [5, 5.41) is 10.2. The zero-order valence-electron chi connectivity index (χ0n) is 15.3. The molecule has 0 saturated carbocycles. The lowest BCUT2D eigenvalue weighted by Gasteiger charge is -2.27. The van der Waals surface area contributed by atoms with Gasteiger partial charge in [-0.2, -0.15) is 0 Å². The molecule has 0 saturated heterocycles. The molecule has 0 amide bonds. The van der Waals surface area contributed by atoms with E-state index in [1.807, 2.05) is 18.2 Å². The molecule has 0 aliphatic rings. The van der Waals surface area contributed by atoms with E-state index in [0.717, 1.165) is 23.6 Å². The lowest BCUT2D eigenvalue weighted by atomic mass is 10.1. The van der Waals surface area contributed by atoms with E-state index >= 15 is 0 Å². The highest BCUT2D eigenvalue weighted by atomic mass is 16.5. The van der Waals surface area contributed by atoms with E-state index in [1.54, 1.807) is 20.3 Å². The lowest BCUT2D eigenvalue weighted by molar-refractivity contribution is 0.0222. The highest BCUT2D eigenvalue weighted by Crippen LogP contribution is 2.31. The Kier molecular flexibility index (Phi) is 9.45. The number of hydrogen-bond acceptors (Lipinski definition) is 5. The maximum atomic E-state index is 10.2. The summed E-state index contributed by atoms with van der Waals surface area (Å²) in [6.07, 6.45) is 1.14. The molecule has 5 heteroatoms. The molecule has 136 valence electrons. The number of rotatable bonds is 12. The first-order chi connectivity index (χ1) is 11.5. The minimum atomic E-state index is -0.541. The molecular formula is C19H31NO4. The van der Waals surface area contributed by atoms with Crippen LogP contribution in [-0.2, 0) is 11.3 Å². The van der Waals surface area contributed by atoms with Crippen LogP contribution in [0.25, 0.3) is 0 Å². The van der Waals surface area contributed by atoms with Gasteiger partial charge in [-0.25, -0.2) is 0 Å². The number of hydrogen-bond donors (Lipinski definition) is 1. The first-order valence-electron chi connectivity index (χ1n) is 8.30. The van der Waals surface area contributed by atoms with Gasteiger partial charge in [-0.1, -0.05) is 32.1 Å². The van der Waals surface area contributed by atoms with Crippen LogP contribution < -0.4 is 9.47 Å². The molecule has 1 aromatic rings. The van der Waals surface area contributed by atoms with E-state index in [0.29, 0.717) is 32.2 Å². The summed E-state index contributed by atoms with van der Waals surface area (Å²) < 4.78 is 16.2. The van der Waals surface area contributed by atoms with Gasteiger partial charge in [-0.15, -0.1) is 6.58 Å². The standard InChI is InChI=1S/C19H31NO4/c1-6-10-24-14-17(21)13-20(11-15(2)3)12-16-8-7-9-18(22-4)19(16)23-5/h6-9,15,17,21H,1,10-14H2,2-5H3/t17-/m1/s1. The van der Waals surface area contributed by atoms with Crippen molar-refractivity contribution in [3.63, 3.8) is 0 Å². The first kappa shape index (κ1) is 20.5. The third-order valence-corrected chi connectivity index (χ3v) is 3.52. The Morgan fingerprint density at radius 3 is 2.54 bits per heavy atom. The molecule has 24 heavy (non-hydrogen) atoms. The van der Waals surface area contributed by atoms with Gasteiger partial charge in [0.1, 0.15) is 0 Å². The van der Waals surface area contributed by atoms with Gasteiger partial charge in [0.2, 0.25) is 0 Å². The smallest absolute Gasteiger partial charge is 0.165 e. The van der Waals surface area contributed by atoms with Crippen molar-refractivity contribution < 1.29 is 19.3 Å². The van der Waals surface area contributed by atoms with Crippen molar-refractivity contribution in [1.82, 2.24) is 4.90 Å². The normalized spacial score (nSPS) is 12.5. The molecule has 0 bridgehead atoms. The van der Waals surface area contributed by atoms with Gasteiger partial charge in [0.05, 0.1) is 33.5 Å². The van der Waals surface area contributed by atoms with E-state index in [1.165, 1.54) is 0 Å². The fourth-order valence-electron chi connectivity index (χ4n) is 2.68. The van der Waals surface area contributed by atoms with E-state index in [9.17, 15) is 5.11 Å². The van der Waals surface area contributed by atoms with Crippen LogP contribution in [-0.4, -0.2) is 56.6 Å². The lowest BCUT2D eigenvalue weighted by Crippen LogP contribution is -2.37. The predicted octanol–water partition coefficient (Wildman–Crippen LogP) is 2.73. The maximum absolute atomic E-state index is 10.2. The highest BCUT2D eigenvalue weighted by Gasteiger charge is 2.17. The molecule has 1 rings (SSSR count). The number of benzene rings is 1. The van der Waals surface area contributed by atoms with Crippen molar-refractivity contribution in [3.8, 4) is 11.5 Å². The Morgan fingerprint density at radius 1 is 1.21 bits per heavy atom. The van der Waals surface area contributed by atoms with Crippen LogP contribution in [0.15, 0.2) is 30.9 Å². The van der Waals surface area contributed by atoms with E-state index in [4.69, 9.17) is 14.2 Å². The van der Waals surface area contributed by atoms with Crippen LogP contribution in [0.2, 0.25) is 0 Å². The Labute approximate surface area is 145 Å². The number of nitrogens with zero attached hydrogens (tertiary/aromatic N) is 1. The van der Waals surface area contributed by atoms with Crippen molar-refractivity contribution in [2.45, 2.75) is 26.5 Å². The van der Waals surface area contributed by atoms with Crippen LogP contribution in [0.1, 0.15) is 19.4 Å². The zero-order chi connectivity index (χ0) is 17.9.